The molecule has 0 radical (unpaired) electrons. The van der Waals surface area contributed by atoms with E-state index in [9.17, 15) is 9.59 Å². The van der Waals surface area contributed by atoms with Gasteiger partial charge in [-0.1, -0.05) is 30.3 Å². The number of amides is 2. The molecule has 10 nitrogen and oxygen atoms in total. The summed E-state index contributed by atoms with van der Waals surface area (Å²) in [6.07, 6.45) is 0. The predicted octanol–water partition coefficient (Wildman–Crippen LogP) is 5.62. The highest BCUT2D eigenvalue weighted by Gasteiger charge is 2.17. The lowest BCUT2D eigenvalue weighted by Gasteiger charge is -2.11. The zero-order valence-corrected chi connectivity index (χ0v) is 19.9. The largest absolute Gasteiger partial charge is 0.409 e. The quantitative estimate of drug-likeness (QED) is 0.213. The van der Waals surface area contributed by atoms with Crippen LogP contribution < -0.4 is 10.6 Å². The first-order valence-electron chi connectivity index (χ1n) is 10.5. The van der Waals surface area contributed by atoms with Gasteiger partial charge >= 0.3 is 0 Å². The summed E-state index contributed by atoms with van der Waals surface area (Å²) in [5, 5.41) is 18.8. The molecular weight excluding hydrogens is 500 g/mol. The van der Waals surface area contributed by atoms with Crippen LogP contribution in [0.2, 0.25) is 0 Å². The molecule has 0 saturated carbocycles. The van der Waals surface area contributed by atoms with Gasteiger partial charge in [-0.3, -0.25) is 9.59 Å². The molecule has 178 valence electrons. The average molecular weight is 517 g/mol. The third-order valence-corrected chi connectivity index (χ3v) is 5.42. The topological polar surface area (TPSA) is 142 Å². The van der Waals surface area contributed by atoms with Gasteiger partial charge < -0.3 is 19.5 Å². The second kappa shape index (κ2) is 9.90. The molecule has 0 spiro atoms. The average Bonchev–Trinajstić information content (AvgIpc) is 3.53. The van der Waals surface area contributed by atoms with E-state index in [1.165, 1.54) is 6.07 Å². The van der Waals surface area contributed by atoms with Crippen LogP contribution in [-0.4, -0.2) is 32.2 Å². The molecule has 12 heteroatoms. The van der Waals surface area contributed by atoms with Crippen LogP contribution in [0, 0.1) is 9.67 Å². The van der Waals surface area contributed by atoms with Crippen LogP contribution in [0.5, 0.6) is 0 Å². The lowest BCUT2D eigenvalue weighted by atomic mass is 10.1. The summed E-state index contributed by atoms with van der Waals surface area (Å²) in [6.45, 7) is 0. The number of nitrogens with one attached hydrogen (secondary N) is 4. The van der Waals surface area contributed by atoms with Crippen molar-refractivity contribution in [3.63, 3.8) is 0 Å². The van der Waals surface area contributed by atoms with Gasteiger partial charge in [0.1, 0.15) is 0 Å². The third-order valence-electron chi connectivity index (χ3n) is 5.07. The second-order valence-corrected chi connectivity index (χ2v) is 8.16. The van der Waals surface area contributed by atoms with E-state index in [-0.39, 0.29) is 32.6 Å². The van der Waals surface area contributed by atoms with Crippen LogP contribution in [-0.2, 0) is 0 Å². The lowest BCUT2D eigenvalue weighted by molar-refractivity contribution is 0.102. The van der Waals surface area contributed by atoms with E-state index >= 15 is 0 Å². The van der Waals surface area contributed by atoms with Crippen LogP contribution >= 0.6 is 24.4 Å². The molecule has 0 saturated heterocycles. The summed E-state index contributed by atoms with van der Waals surface area (Å²) < 4.78 is 10.7. The monoisotopic (exact) mass is 516 g/mol. The van der Waals surface area contributed by atoms with E-state index in [0.29, 0.717) is 22.5 Å². The van der Waals surface area contributed by atoms with Gasteiger partial charge in [0.25, 0.3) is 21.5 Å². The zero-order chi connectivity index (χ0) is 25.1. The zero-order valence-electron chi connectivity index (χ0n) is 18.3. The fraction of sp³-hybridized carbons (Fsp3) is 0. The van der Waals surface area contributed by atoms with Crippen molar-refractivity contribution in [3.05, 3.63) is 93.6 Å². The fourth-order valence-electron chi connectivity index (χ4n) is 3.44. The summed E-state index contributed by atoms with van der Waals surface area (Å²) in [5.74, 6) is -0.344. The van der Waals surface area contributed by atoms with Crippen LogP contribution in [0.3, 0.4) is 0 Å². The maximum Gasteiger partial charge on any atom is 0.284 e. The molecule has 0 atom stereocenters. The number of carbonyl (C=O) groups is 2. The van der Waals surface area contributed by atoms with Gasteiger partial charge in [-0.15, -0.1) is 10.2 Å². The highest BCUT2D eigenvalue weighted by Crippen LogP contribution is 2.28. The predicted molar refractivity (Wildman–Crippen MR) is 137 cm³/mol. The van der Waals surface area contributed by atoms with Gasteiger partial charge in [0.05, 0.1) is 22.5 Å². The number of benzene rings is 3. The highest BCUT2D eigenvalue weighted by molar-refractivity contribution is 7.71. The number of aromatic amines is 2. The first-order valence-corrected chi connectivity index (χ1v) is 11.3. The van der Waals surface area contributed by atoms with Crippen molar-refractivity contribution in [1.29, 1.82) is 0 Å². The standard InChI is InChI=1S/C24H16N6O4S2/c31-19(25-17-10-3-1-8-15(17)21-27-29-23(35)33-21)13-6-5-7-14(12-13)20(32)26-18-11-4-2-9-16(18)22-28-30-24(36)34-22/h1-12H,(H,25,31)(H,26,32)(H,29,35)(H,30,36). The smallest absolute Gasteiger partial charge is 0.284 e. The van der Waals surface area contributed by atoms with Gasteiger partial charge in [-0.05, 0) is 66.9 Å². The maximum absolute atomic E-state index is 13.0. The van der Waals surface area contributed by atoms with Crippen LogP contribution in [0.15, 0.2) is 81.6 Å². The molecule has 0 aliphatic rings. The van der Waals surface area contributed by atoms with Gasteiger partial charge in [0, 0.05) is 11.1 Å². The van der Waals surface area contributed by atoms with Crippen molar-refractivity contribution < 1.29 is 18.4 Å². The lowest BCUT2D eigenvalue weighted by Crippen LogP contribution is -2.16. The highest BCUT2D eigenvalue weighted by atomic mass is 32.1. The normalized spacial score (nSPS) is 10.7. The third kappa shape index (κ3) is 4.89. The molecule has 0 unspecified atom stereocenters. The first kappa shape index (κ1) is 23.1. The maximum atomic E-state index is 13.0. The van der Waals surface area contributed by atoms with Crippen molar-refractivity contribution >= 4 is 47.6 Å². The van der Waals surface area contributed by atoms with Crippen molar-refractivity contribution in [2.75, 3.05) is 10.6 Å². The summed E-state index contributed by atoms with van der Waals surface area (Å²) in [7, 11) is 0. The number of H-pyrrole nitrogens is 2. The number of aromatic nitrogens is 4. The molecule has 0 aliphatic carbocycles. The van der Waals surface area contributed by atoms with Crippen molar-refractivity contribution in [1.82, 2.24) is 20.4 Å². The number of nitrogens with zero attached hydrogens (tertiary/aromatic N) is 2. The number of carbonyl (C=O) groups excluding carboxylic acids is 2. The molecule has 5 rings (SSSR count). The van der Waals surface area contributed by atoms with E-state index in [4.69, 9.17) is 33.3 Å². The molecule has 36 heavy (non-hydrogen) atoms. The van der Waals surface area contributed by atoms with E-state index < -0.39 is 11.8 Å². The van der Waals surface area contributed by atoms with E-state index in [0.717, 1.165) is 0 Å². The first-order chi connectivity index (χ1) is 17.5. The molecule has 5 aromatic rings. The summed E-state index contributed by atoms with van der Waals surface area (Å²) in [6, 6.07) is 20.3. The van der Waals surface area contributed by atoms with Crippen molar-refractivity contribution in [2.45, 2.75) is 0 Å². The number of hydrogen-bond acceptors (Lipinski definition) is 8. The summed E-state index contributed by atoms with van der Waals surface area (Å²) >= 11 is 9.88. The Morgan fingerprint density at radius 2 is 1.11 bits per heavy atom. The summed E-state index contributed by atoms with van der Waals surface area (Å²) in [5.41, 5.74) is 2.61. The second-order valence-electron chi connectivity index (χ2n) is 7.42. The molecule has 2 heterocycles. The van der Waals surface area contributed by atoms with Crippen molar-refractivity contribution in [3.8, 4) is 22.9 Å². The molecule has 0 bridgehead atoms. The SMILES string of the molecule is O=C(Nc1ccccc1-c1n[nH]c(=S)o1)c1cccc(C(=O)Nc2ccccc2-c2n[nH]c(=S)o2)c1. The van der Waals surface area contributed by atoms with Gasteiger partial charge in [0.2, 0.25) is 11.8 Å². The molecule has 4 N–H and O–H groups in total. The molecular formula is C24H16N6O4S2. The molecule has 0 aliphatic heterocycles. The molecule has 2 amide bonds. The van der Waals surface area contributed by atoms with E-state index in [1.54, 1.807) is 66.7 Å². The van der Waals surface area contributed by atoms with Gasteiger partial charge in [-0.25, -0.2) is 10.2 Å². The van der Waals surface area contributed by atoms with E-state index in [1.807, 2.05) is 0 Å². The van der Waals surface area contributed by atoms with Crippen LogP contribution in [0.4, 0.5) is 11.4 Å². The minimum Gasteiger partial charge on any atom is -0.409 e. The Kier molecular flexibility index (Phi) is 6.34. The van der Waals surface area contributed by atoms with E-state index in [2.05, 4.69) is 31.0 Å². The Bertz CT molecular complexity index is 1580. The molecule has 2 aromatic heterocycles. The summed E-state index contributed by atoms with van der Waals surface area (Å²) in [4.78, 5) is 26.3. The Hall–Kier alpha value is -4.68. The fourth-order valence-corrected chi connectivity index (χ4v) is 3.69. The number of para-hydroxylation sites is 2. The minimum atomic E-state index is -0.417. The molecule has 0 fully saturated rings. The van der Waals surface area contributed by atoms with Gasteiger partial charge in [-0.2, -0.15) is 0 Å². The Labute approximate surface area is 213 Å². The van der Waals surface area contributed by atoms with Crippen LogP contribution in [0.25, 0.3) is 22.9 Å². The Balaban J connectivity index is 1.37. The number of hydrogen-bond donors (Lipinski definition) is 4. The Morgan fingerprint density at radius 1 is 0.667 bits per heavy atom. The number of anilines is 2. The van der Waals surface area contributed by atoms with Crippen molar-refractivity contribution in [2.24, 2.45) is 0 Å². The number of rotatable bonds is 6. The Morgan fingerprint density at radius 3 is 1.53 bits per heavy atom. The molecule has 3 aromatic carbocycles. The van der Waals surface area contributed by atoms with Gasteiger partial charge in [0.15, 0.2) is 0 Å². The minimum absolute atomic E-state index is 0.122. The van der Waals surface area contributed by atoms with Crippen LogP contribution in [0.1, 0.15) is 20.7 Å².